The third kappa shape index (κ3) is 2.20. The summed E-state index contributed by atoms with van der Waals surface area (Å²) in [7, 11) is 0. The lowest BCUT2D eigenvalue weighted by atomic mass is 10.1. The van der Waals surface area contributed by atoms with E-state index in [4.69, 9.17) is 5.73 Å². The maximum atomic E-state index is 11.2. The van der Waals surface area contributed by atoms with Crippen LogP contribution in [0.5, 0.6) is 0 Å². The van der Waals surface area contributed by atoms with Crippen molar-refractivity contribution >= 4 is 17.5 Å². The van der Waals surface area contributed by atoms with Crippen molar-refractivity contribution in [2.45, 2.75) is 26.3 Å². The van der Waals surface area contributed by atoms with Crippen LogP contribution in [0.3, 0.4) is 0 Å². The largest absolute Gasteiger partial charge is 0.368 e. The molecule has 0 aliphatic carbocycles. The highest BCUT2D eigenvalue weighted by Crippen LogP contribution is 2.12. The maximum absolute atomic E-state index is 11.2. The Labute approximate surface area is 98.8 Å². The number of aromatic nitrogens is 3. The molecule has 2 aromatic heterocycles. The van der Waals surface area contributed by atoms with E-state index in [9.17, 15) is 4.79 Å². The lowest BCUT2D eigenvalue weighted by Gasteiger charge is -2.20. The van der Waals surface area contributed by atoms with Gasteiger partial charge in [-0.2, -0.15) is 4.98 Å². The van der Waals surface area contributed by atoms with E-state index in [2.05, 4.69) is 15.4 Å². The SMILES string of the molecule is Cc1ccc2nc(NC(C)(C)C(N)=O)nn2c1. The summed E-state index contributed by atoms with van der Waals surface area (Å²) in [6.45, 7) is 5.35. The van der Waals surface area contributed by atoms with Gasteiger partial charge in [0.2, 0.25) is 11.9 Å². The molecule has 2 heterocycles. The minimum atomic E-state index is -0.875. The molecule has 3 N–H and O–H groups in total. The highest BCUT2D eigenvalue weighted by atomic mass is 16.1. The van der Waals surface area contributed by atoms with E-state index in [0.29, 0.717) is 5.95 Å². The van der Waals surface area contributed by atoms with Crippen LogP contribution in [0.15, 0.2) is 18.3 Å². The molecule has 0 fully saturated rings. The molecule has 90 valence electrons. The lowest BCUT2D eigenvalue weighted by Crippen LogP contribution is -2.45. The van der Waals surface area contributed by atoms with Crippen LogP contribution in [-0.2, 0) is 4.79 Å². The van der Waals surface area contributed by atoms with Gasteiger partial charge in [-0.05, 0) is 32.4 Å². The van der Waals surface area contributed by atoms with Gasteiger partial charge < -0.3 is 11.1 Å². The number of nitrogens with two attached hydrogens (primary N) is 1. The van der Waals surface area contributed by atoms with E-state index in [1.54, 1.807) is 18.4 Å². The van der Waals surface area contributed by atoms with Crippen molar-refractivity contribution in [3.05, 3.63) is 23.9 Å². The maximum Gasteiger partial charge on any atom is 0.243 e. The number of nitrogens with one attached hydrogen (secondary N) is 1. The monoisotopic (exact) mass is 233 g/mol. The summed E-state index contributed by atoms with van der Waals surface area (Å²) in [4.78, 5) is 15.4. The Morgan fingerprint density at radius 2 is 2.18 bits per heavy atom. The van der Waals surface area contributed by atoms with Gasteiger partial charge in [-0.3, -0.25) is 4.79 Å². The Kier molecular flexibility index (Phi) is 2.49. The summed E-state index contributed by atoms with van der Waals surface area (Å²) in [5.41, 5.74) is 6.20. The standard InChI is InChI=1S/C11H15N5O/c1-7-4-5-8-13-10(15-16(8)6-7)14-11(2,3)9(12)17/h4-6H,1-3H3,(H2,12,17)(H,14,15). The second kappa shape index (κ2) is 3.73. The Bertz CT molecular complexity index is 572. The van der Waals surface area contributed by atoms with E-state index in [0.717, 1.165) is 11.2 Å². The van der Waals surface area contributed by atoms with Crippen molar-refractivity contribution in [1.82, 2.24) is 14.6 Å². The fourth-order valence-corrected chi connectivity index (χ4v) is 1.38. The molecule has 1 amide bonds. The van der Waals surface area contributed by atoms with E-state index in [1.165, 1.54) is 0 Å². The Hall–Kier alpha value is -2.11. The van der Waals surface area contributed by atoms with Gasteiger partial charge >= 0.3 is 0 Å². The molecule has 0 spiro atoms. The molecule has 6 heteroatoms. The second-order valence-corrected chi connectivity index (χ2v) is 4.56. The van der Waals surface area contributed by atoms with E-state index in [-0.39, 0.29) is 0 Å². The topological polar surface area (TPSA) is 85.3 Å². The van der Waals surface area contributed by atoms with Gasteiger partial charge in [0.05, 0.1) is 0 Å². The smallest absolute Gasteiger partial charge is 0.243 e. The number of hydrogen-bond donors (Lipinski definition) is 2. The average Bonchev–Trinajstić information content (AvgIpc) is 2.57. The normalized spacial score (nSPS) is 11.7. The number of nitrogens with zero attached hydrogens (tertiary/aromatic N) is 3. The zero-order valence-corrected chi connectivity index (χ0v) is 10.1. The van der Waals surface area contributed by atoms with Gasteiger partial charge in [-0.15, -0.1) is 5.10 Å². The molecule has 0 saturated heterocycles. The van der Waals surface area contributed by atoms with Crippen molar-refractivity contribution in [3.63, 3.8) is 0 Å². The number of aryl methyl sites for hydroxylation is 1. The van der Waals surface area contributed by atoms with Gasteiger partial charge in [0.25, 0.3) is 0 Å². The van der Waals surface area contributed by atoms with Crippen molar-refractivity contribution in [1.29, 1.82) is 0 Å². The average molecular weight is 233 g/mol. The number of pyridine rings is 1. The van der Waals surface area contributed by atoms with Crippen molar-refractivity contribution in [2.24, 2.45) is 5.73 Å². The van der Waals surface area contributed by atoms with E-state index in [1.807, 2.05) is 25.3 Å². The second-order valence-electron chi connectivity index (χ2n) is 4.56. The highest BCUT2D eigenvalue weighted by molar-refractivity contribution is 5.86. The molecule has 2 aromatic rings. The first-order chi connectivity index (χ1) is 7.88. The zero-order chi connectivity index (χ0) is 12.6. The summed E-state index contributed by atoms with van der Waals surface area (Å²) in [6.07, 6.45) is 1.87. The summed E-state index contributed by atoms with van der Waals surface area (Å²) in [5.74, 6) is -0.0630. The number of carbonyl (C=O) groups is 1. The molecule has 0 atom stereocenters. The Morgan fingerprint density at radius 1 is 1.47 bits per heavy atom. The Morgan fingerprint density at radius 3 is 2.82 bits per heavy atom. The number of primary amides is 1. The number of amides is 1. The number of anilines is 1. The van der Waals surface area contributed by atoms with Crippen LogP contribution in [0.1, 0.15) is 19.4 Å². The molecule has 0 unspecified atom stereocenters. The molecular formula is C11H15N5O. The minimum absolute atomic E-state index is 0.388. The number of rotatable bonds is 3. The molecule has 0 aromatic carbocycles. The highest BCUT2D eigenvalue weighted by Gasteiger charge is 2.26. The van der Waals surface area contributed by atoms with Crippen LogP contribution in [-0.4, -0.2) is 26.0 Å². The molecule has 0 saturated carbocycles. The summed E-state index contributed by atoms with van der Waals surface area (Å²) in [6, 6.07) is 3.82. The molecule has 0 aliphatic rings. The summed E-state index contributed by atoms with van der Waals surface area (Å²) >= 11 is 0. The molecule has 0 radical (unpaired) electrons. The van der Waals surface area contributed by atoms with Crippen LogP contribution in [0, 0.1) is 6.92 Å². The molecule has 0 bridgehead atoms. The first-order valence-corrected chi connectivity index (χ1v) is 5.29. The van der Waals surface area contributed by atoms with E-state index >= 15 is 0 Å². The molecule has 0 aliphatic heterocycles. The molecule has 6 nitrogen and oxygen atoms in total. The van der Waals surface area contributed by atoms with Crippen LogP contribution in [0.4, 0.5) is 5.95 Å². The lowest BCUT2D eigenvalue weighted by molar-refractivity contribution is -0.121. The van der Waals surface area contributed by atoms with Gasteiger partial charge in [0.1, 0.15) is 5.54 Å². The predicted molar refractivity (Wildman–Crippen MR) is 64.6 cm³/mol. The van der Waals surface area contributed by atoms with Crippen molar-refractivity contribution in [3.8, 4) is 0 Å². The van der Waals surface area contributed by atoms with E-state index < -0.39 is 11.4 Å². The van der Waals surface area contributed by atoms with Gasteiger partial charge in [-0.25, -0.2) is 4.52 Å². The fraction of sp³-hybridized carbons (Fsp3) is 0.364. The fourth-order valence-electron chi connectivity index (χ4n) is 1.38. The molecular weight excluding hydrogens is 218 g/mol. The third-order valence-electron chi connectivity index (χ3n) is 2.52. The van der Waals surface area contributed by atoms with Crippen LogP contribution < -0.4 is 11.1 Å². The molecule has 2 rings (SSSR count). The first kappa shape index (κ1) is 11.4. The van der Waals surface area contributed by atoms with Gasteiger partial charge in [0, 0.05) is 6.20 Å². The van der Waals surface area contributed by atoms with Crippen LogP contribution in [0.25, 0.3) is 5.65 Å². The van der Waals surface area contributed by atoms with Crippen LogP contribution >= 0.6 is 0 Å². The van der Waals surface area contributed by atoms with Gasteiger partial charge in [-0.1, -0.05) is 6.07 Å². The number of carbonyl (C=O) groups excluding carboxylic acids is 1. The zero-order valence-electron chi connectivity index (χ0n) is 10.1. The van der Waals surface area contributed by atoms with Gasteiger partial charge in [0.15, 0.2) is 5.65 Å². The van der Waals surface area contributed by atoms with Crippen LogP contribution in [0.2, 0.25) is 0 Å². The first-order valence-electron chi connectivity index (χ1n) is 5.29. The Balaban J connectivity index is 2.34. The summed E-state index contributed by atoms with van der Waals surface area (Å²) < 4.78 is 1.66. The van der Waals surface area contributed by atoms with Crippen molar-refractivity contribution < 1.29 is 4.79 Å². The summed E-state index contributed by atoms with van der Waals surface area (Å²) in [5, 5.41) is 7.14. The third-order valence-corrected chi connectivity index (χ3v) is 2.52. The number of hydrogen-bond acceptors (Lipinski definition) is 4. The van der Waals surface area contributed by atoms with Crippen molar-refractivity contribution in [2.75, 3.05) is 5.32 Å². The minimum Gasteiger partial charge on any atom is -0.368 e. The predicted octanol–water partition coefficient (Wildman–Crippen LogP) is 0.714. The number of fused-ring (bicyclic) bond motifs is 1. The molecule has 17 heavy (non-hydrogen) atoms. The quantitative estimate of drug-likeness (QED) is 0.817.